The molecule has 1 heteroatoms. The maximum Gasteiger partial charge on any atom is 0.0825 e. The standard InChI is InChI=1S/C4H3N/c5-3-4-1-2-4/h1-2,4H. The molecule has 0 unspecified atom stereocenters. The minimum absolute atomic E-state index is 0.190. The quantitative estimate of drug-likeness (QED) is 0.381. The van der Waals surface area contributed by atoms with Gasteiger partial charge in [0, 0.05) is 0 Å². The molecule has 0 bridgehead atoms. The summed E-state index contributed by atoms with van der Waals surface area (Å²) in [5.41, 5.74) is 0. The summed E-state index contributed by atoms with van der Waals surface area (Å²) in [7, 11) is 0. The molecule has 0 aliphatic heterocycles. The van der Waals surface area contributed by atoms with E-state index in [-0.39, 0.29) is 5.92 Å². The van der Waals surface area contributed by atoms with Gasteiger partial charge in [0.15, 0.2) is 0 Å². The van der Waals surface area contributed by atoms with Crippen molar-refractivity contribution in [1.29, 1.82) is 5.26 Å². The first kappa shape index (κ1) is 2.47. The van der Waals surface area contributed by atoms with E-state index in [4.69, 9.17) is 5.26 Å². The Kier molecular flexibility index (Phi) is 0.290. The lowest BCUT2D eigenvalue weighted by Crippen LogP contribution is -1.56. The first-order chi connectivity index (χ1) is 2.43. The molecule has 0 spiro atoms. The van der Waals surface area contributed by atoms with Crippen molar-refractivity contribution in [3.63, 3.8) is 0 Å². The zero-order valence-corrected chi connectivity index (χ0v) is 2.68. The van der Waals surface area contributed by atoms with E-state index in [9.17, 15) is 0 Å². The van der Waals surface area contributed by atoms with Crippen LogP contribution in [0.3, 0.4) is 0 Å². The third kappa shape index (κ3) is 0.273. The van der Waals surface area contributed by atoms with Gasteiger partial charge in [0.05, 0.1) is 12.0 Å². The zero-order chi connectivity index (χ0) is 3.70. The number of rotatable bonds is 0. The Labute approximate surface area is 30.5 Å². The monoisotopic (exact) mass is 65.0 g/mol. The van der Waals surface area contributed by atoms with Gasteiger partial charge in [-0.25, -0.2) is 0 Å². The second kappa shape index (κ2) is 0.587. The van der Waals surface area contributed by atoms with Crippen molar-refractivity contribution in [2.24, 2.45) is 5.92 Å². The Morgan fingerprint density at radius 2 is 2.20 bits per heavy atom. The smallest absolute Gasteiger partial charge is 0.0825 e. The van der Waals surface area contributed by atoms with Gasteiger partial charge < -0.3 is 0 Å². The molecule has 0 aromatic rings. The molecular weight excluding hydrogens is 62.1 g/mol. The highest BCUT2D eigenvalue weighted by molar-refractivity contribution is 5.23. The van der Waals surface area contributed by atoms with Crippen molar-refractivity contribution in [2.45, 2.75) is 0 Å². The van der Waals surface area contributed by atoms with Gasteiger partial charge in [0.2, 0.25) is 0 Å². The molecule has 0 aromatic carbocycles. The molecule has 0 amide bonds. The third-order valence-electron chi connectivity index (χ3n) is 0.534. The van der Waals surface area contributed by atoms with Gasteiger partial charge >= 0.3 is 0 Å². The Bertz CT molecular complexity index is 90.7. The molecule has 0 heterocycles. The lowest BCUT2D eigenvalue weighted by atomic mass is 10.4. The molecule has 5 heavy (non-hydrogen) atoms. The molecule has 0 N–H and O–H groups in total. The van der Waals surface area contributed by atoms with E-state index in [0.29, 0.717) is 0 Å². The summed E-state index contributed by atoms with van der Waals surface area (Å²) < 4.78 is 0. The number of allylic oxidation sites excluding steroid dienone is 2. The minimum Gasteiger partial charge on any atom is -0.197 e. The molecule has 1 aliphatic carbocycles. The Balaban J connectivity index is 2.37. The maximum atomic E-state index is 7.89. The normalized spacial score (nSPS) is 18.2. The van der Waals surface area contributed by atoms with Crippen LogP contribution in [0, 0.1) is 17.2 Å². The van der Waals surface area contributed by atoms with Gasteiger partial charge in [-0.3, -0.25) is 0 Å². The second-order valence-electron chi connectivity index (χ2n) is 1.04. The molecule has 1 nitrogen and oxygen atoms in total. The highest BCUT2D eigenvalue weighted by atomic mass is 14.3. The number of nitriles is 1. The fourth-order valence-corrected chi connectivity index (χ4v) is 0.142. The van der Waals surface area contributed by atoms with Gasteiger partial charge in [-0.05, 0) is 0 Å². The topological polar surface area (TPSA) is 23.8 Å². The summed E-state index contributed by atoms with van der Waals surface area (Å²) in [5.74, 6) is 0.190. The van der Waals surface area contributed by atoms with Crippen LogP contribution >= 0.6 is 0 Å². The molecule has 1 rings (SSSR count). The molecule has 0 aromatic heterocycles. The molecule has 0 atom stereocenters. The molecule has 0 radical (unpaired) electrons. The van der Waals surface area contributed by atoms with Gasteiger partial charge in [-0.15, -0.1) is 0 Å². The van der Waals surface area contributed by atoms with E-state index in [0.717, 1.165) is 0 Å². The molecule has 0 fully saturated rings. The predicted octanol–water partition coefficient (Wildman–Crippen LogP) is 0.696. The summed E-state index contributed by atoms with van der Waals surface area (Å²) in [4.78, 5) is 0. The van der Waals surface area contributed by atoms with Gasteiger partial charge in [0.25, 0.3) is 0 Å². The summed E-state index contributed by atoms with van der Waals surface area (Å²) in [5, 5.41) is 7.89. The average Bonchev–Trinajstić information content (AvgIpc) is 2.12. The SMILES string of the molecule is N#CC1C=C1. The van der Waals surface area contributed by atoms with E-state index in [1.807, 2.05) is 18.2 Å². The molecule has 1 aliphatic rings. The van der Waals surface area contributed by atoms with Crippen LogP contribution < -0.4 is 0 Å². The van der Waals surface area contributed by atoms with Crippen molar-refractivity contribution in [2.75, 3.05) is 0 Å². The Morgan fingerprint density at radius 1 is 1.60 bits per heavy atom. The van der Waals surface area contributed by atoms with Gasteiger partial charge in [-0.1, -0.05) is 12.2 Å². The fourth-order valence-electron chi connectivity index (χ4n) is 0.142. The van der Waals surface area contributed by atoms with Crippen molar-refractivity contribution in [3.8, 4) is 6.07 Å². The van der Waals surface area contributed by atoms with Crippen LogP contribution in [-0.2, 0) is 0 Å². The van der Waals surface area contributed by atoms with Gasteiger partial charge in [0.1, 0.15) is 0 Å². The Morgan fingerprint density at radius 3 is 2.20 bits per heavy atom. The van der Waals surface area contributed by atoms with E-state index >= 15 is 0 Å². The van der Waals surface area contributed by atoms with Gasteiger partial charge in [-0.2, -0.15) is 5.26 Å². The highest BCUT2D eigenvalue weighted by Gasteiger charge is 2.05. The van der Waals surface area contributed by atoms with E-state index in [1.54, 1.807) is 0 Å². The zero-order valence-electron chi connectivity index (χ0n) is 2.68. The molecule has 0 saturated carbocycles. The fraction of sp³-hybridized carbons (Fsp3) is 0.250. The van der Waals surface area contributed by atoms with Crippen molar-refractivity contribution < 1.29 is 0 Å². The van der Waals surface area contributed by atoms with E-state index < -0.39 is 0 Å². The van der Waals surface area contributed by atoms with Crippen LogP contribution in [0.25, 0.3) is 0 Å². The number of hydrogen-bond acceptors (Lipinski definition) is 1. The van der Waals surface area contributed by atoms with E-state index in [2.05, 4.69) is 0 Å². The predicted molar refractivity (Wildman–Crippen MR) is 18.2 cm³/mol. The largest absolute Gasteiger partial charge is 0.197 e. The molecule has 24 valence electrons. The second-order valence-corrected chi connectivity index (χ2v) is 1.04. The third-order valence-corrected chi connectivity index (χ3v) is 0.534. The minimum atomic E-state index is 0.190. The van der Waals surface area contributed by atoms with Crippen LogP contribution in [0.2, 0.25) is 0 Å². The van der Waals surface area contributed by atoms with Crippen molar-refractivity contribution in [3.05, 3.63) is 12.2 Å². The van der Waals surface area contributed by atoms with Crippen LogP contribution in [0.15, 0.2) is 12.2 Å². The Hall–Kier alpha value is -0.770. The lowest BCUT2D eigenvalue weighted by molar-refractivity contribution is 1.25. The van der Waals surface area contributed by atoms with Crippen LogP contribution in [0.1, 0.15) is 0 Å². The average molecular weight is 65.1 g/mol. The lowest BCUT2D eigenvalue weighted by Gasteiger charge is -1.55. The summed E-state index contributed by atoms with van der Waals surface area (Å²) >= 11 is 0. The summed E-state index contributed by atoms with van der Waals surface area (Å²) in [6.07, 6.45) is 3.72. The molecular formula is C4H3N. The first-order valence-corrected chi connectivity index (χ1v) is 1.51. The van der Waals surface area contributed by atoms with Crippen molar-refractivity contribution >= 4 is 0 Å². The number of nitrogens with zero attached hydrogens (tertiary/aromatic N) is 1. The van der Waals surface area contributed by atoms with E-state index in [1.165, 1.54) is 0 Å². The van der Waals surface area contributed by atoms with Crippen LogP contribution in [0.5, 0.6) is 0 Å². The molecule has 0 saturated heterocycles. The van der Waals surface area contributed by atoms with Crippen molar-refractivity contribution in [1.82, 2.24) is 0 Å². The van der Waals surface area contributed by atoms with Crippen LogP contribution in [-0.4, -0.2) is 0 Å². The summed E-state index contributed by atoms with van der Waals surface area (Å²) in [6.45, 7) is 0. The highest BCUT2D eigenvalue weighted by Crippen LogP contribution is 2.11. The maximum absolute atomic E-state index is 7.89. The summed E-state index contributed by atoms with van der Waals surface area (Å²) in [6, 6.07) is 2.03. The van der Waals surface area contributed by atoms with Crippen LogP contribution in [0.4, 0.5) is 0 Å². The number of hydrogen-bond donors (Lipinski definition) is 0. The first-order valence-electron chi connectivity index (χ1n) is 1.51.